The van der Waals surface area contributed by atoms with Gasteiger partial charge in [-0.15, -0.1) is 0 Å². The van der Waals surface area contributed by atoms with Crippen LogP contribution in [0, 0.1) is 5.92 Å². The Morgan fingerprint density at radius 1 is 1.03 bits per heavy atom. The molecule has 8 nitrogen and oxygen atoms in total. The Kier molecular flexibility index (Phi) is 4.83. The number of hydroxylamine groups is 2. The van der Waals surface area contributed by atoms with E-state index in [1.54, 1.807) is 23.0 Å². The molecule has 31 heavy (non-hydrogen) atoms. The van der Waals surface area contributed by atoms with Crippen molar-refractivity contribution in [3.8, 4) is 0 Å². The molecular formula is C23H19N3O5. The lowest BCUT2D eigenvalue weighted by molar-refractivity contribution is -0.175. The monoisotopic (exact) mass is 417 g/mol. The Bertz CT molecular complexity index is 1120. The van der Waals surface area contributed by atoms with Gasteiger partial charge in [-0.05, 0) is 24.1 Å². The van der Waals surface area contributed by atoms with E-state index in [1.165, 1.54) is 12.1 Å². The number of ether oxygens (including phenoxy) is 1. The van der Waals surface area contributed by atoms with Gasteiger partial charge >= 0.3 is 5.97 Å². The minimum absolute atomic E-state index is 0.224. The fourth-order valence-corrected chi connectivity index (χ4v) is 3.95. The number of nitrogens with zero attached hydrogens (tertiary/aromatic N) is 3. The van der Waals surface area contributed by atoms with Crippen molar-refractivity contribution >= 4 is 17.8 Å². The van der Waals surface area contributed by atoms with Gasteiger partial charge in [-0.2, -0.15) is 5.10 Å². The van der Waals surface area contributed by atoms with Crippen molar-refractivity contribution in [2.24, 2.45) is 5.92 Å². The van der Waals surface area contributed by atoms with Crippen LogP contribution in [0.25, 0.3) is 0 Å². The maximum atomic E-state index is 12.8. The molecule has 2 atom stereocenters. The van der Waals surface area contributed by atoms with Crippen LogP contribution in [0.5, 0.6) is 0 Å². The summed E-state index contributed by atoms with van der Waals surface area (Å²) in [7, 11) is 0. The molecule has 3 heterocycles. The second kappa shape index (κ2) is 7.81. The molecule has 1 aromatic heterocycles. The van der Waals surface area contributed by atoms with Crippen LogP contribution in [0.15, 0.2) is 67.0 Å². The zero-order chi connectivity index (χ0) is 21.4. The molecule has 156 valence electrons. The Hall–Kier alpha value is -3.78. The summed E-state index contributed by atoms with van der Waals surface area (Å²) >= 11 is 0. The second-order valence-corrected chi connectivity index (χ2v) is 7.50. The highest BCUT2D eigenvalue weighted by molar-refractivity contribution is 6.20. The quantitative estimate of drug-likeness (QED) is 0.593. The second-order valence-electron chi connectivity index (χ2n) is 7.50. The topological polar surface area (TPSA) is 90.7 Å². The van der Waals surface area contributed by atoms with E-state index in [9.17, 15) is 14.4 Å². The van der Waals surface area contributed by atoms with Gasteiger partial charge in [0.1, 0.15) is 0 Å². The largest absolute Gasteiger partial charge is 0.372 e. The van der Waals surface area contributed by atoms with Gasteiger partial charge in [0.15, 0.2) is 0 Å². The van der Waals surface area contributed by atoms with Crippen molar-refractivity contribution in [2.75, 3.05) is 6.61 Å². The summed E-state index contributed by atoms with van der Waals surface area (Å²) in [4.78, 5) is 43.0. The van der Waals surface area contributed by atoms with Crippen LogP contribution in [-0.2, 0) is 20.9 Å². The van der Waals surface area contributed by atoms with E-state index in [0.717, 1.165) is 11.1 Å². The van der Waals surface area contributed by atoms with E-state index in [1.807, 2.05) is 36.5 Å². The predicted molar refractivity (Wildman–Crippen MR) is 108 cm³/mol. The highest BCUT2D eigenvalue weighted by Crippen LogP contribution is 2.36. The van der Waals surface area contributed by atoms with Gasteiger partial charge in [-0.3, -0.25) is 14.3 Å². The highest BCUT2D eigenvalue weighted by Gasteiger charge is 2.43. The third-order valence-corrected chi connectivity index (χ3v) is 5.50. The number of aromatic nitrogens is 2. The zero-order valence-electron chi connectivity index (χ0n) is 16.5. The smallest absolute Gasteiger partial charge is 0.339 e. The van der Waals surface area contributed by atoms with Crippen molar-refractivity contribution in [1.82, 2.24) is 14.8 Å². The molecule has 2 amide bonds. The normalized spacial score (nSPS) is 20.2. The van der Waals surface area contributed by atoms with E-state index in [0.29, 0.717) is 24.6 Å². The SMILES string of the molecule is O=C(ON1C(=O)c2ccccc2C1=O)[C@@H]1CCO[C@H]1c1cnn(Cc2ccccc2)c1. The summed E-state index contributed by atoms with van der Waals surface area (Å²) in [5.74, 6) is -2.59. The first-order chi connectivity index (χ1) is 15.1. The molecule has 1 saturated heterocycles. The van der Waals surface area contributed by atoms with Crippen LogP contribution in [0.1, 0.15) is 44.4 Å². The molecular weight excluding hydrogens is 398 g/mol. The summed E-state index contributed by atoms with van der Waals surface area (Å²) in [6, 6.07) is 16.3. The lowest BCUT2D eigenvalue weighted by atomic mass is 9.98. The average Bonchev–Trinajstić information content (AvgIpc) is 3.51. The minimum Gasteiger partial charge on any atom is -0.372 e. The average molecular weight is 417 g/mol. The van der Waals surface area contributed by atoms with Gasteiger partial charge in [0.25, 0.3) is 11.8 Å². The van der Waals surface area contributed by atoms with Gasteiger partial charge in [0.2, 0.25) is 0 Å². The fourth-order valence-electron chi connectivity index (χ4n) is 3.95. The lowest BCUT2D eigenvalue weighted by Crippen LogP contribution is -2.35. The van der Waals surface area contributed by atoms with Crippen LogP contribution in [0.3, 0.4) is 0 Å². The number of imide groups is 1. The van der Waals surface area contributed by atoms with E-state index in [4.69, 9.17) is 9.57 Å². The number of benzene rings is 2. The Labute approximate surface area is 177 Å². The Morgan fingerprint density at radius 3 is 2.42 bits per heavy atom. The van der Waals surface area contributed by atoms with Crippen LogP contribution < -0.4 is 0 Å². The maximum absolute atomic E-state index is 12.8. The third kappa shape index (κ3) is 3.51. The number of hydrogen-bond donors (Lipinski definition) is 0. The lowest BCUT2D eigenvalue weighted by Gasteiger charge is -2.19. The number of amides is 2. The number of fused-ring (bicyclic) bond motifs is 1. The van der Waals surface area contributed by atoms with Gasteiger partial charge < -0.3 is 9.57 Å². The Balaban J connectivity index is 1.29. The number of carbonyl (C=O) groups excluding carboxylic acids is 3. The summed E-state index contributed by atoms with van der Waals surface area (Å²) in [5, 5.41) is 4.91. The first-order valence-electron chi connectivity index (χ1n) is 9.99. The third-order valence-electron chi connectivity index (χ3n) is 5.50. The zero-order valence-corrected chi connectivity index (χ0v) is 16.5. The number of hydrogen-bond acceptors (Lipinski definition) is 6. The summed E-state index contributed by atoms with van der Waals surface area (Å²) < 4.78 is 7.55. The van der Waals surface area contributed by atoms with Crippen molar-refractivity contribution in [2.45, 2.75) is 19.1 Å². The van der Waals surface area contributed by atoms with Crippen LogP contribution >= 0.6 is 0 Å². The highest BCUT2D eigenvalue weighted by atomic mass is 16.7. The van der Waals surface area contributed by atoms with Gasteiger partial charge in [0.05, 0.1) is 35.9 Å². The summed E-state index contributed by atoms with van der Waals surface area (Å²) in [5.41, 5.74) is 2.30. The molecule has 0 spiro atoms. The molecule has 2 aromatic carbocycles. The molecule has 0 saturated carbocycles. The van der Waals surface area contributed by atoms with Crippen molar-refractivity contribution in [1.29, 1.82) is 0 Å². The van der Waals surface area contributed by atoms with Crippen LogP contribution in [0.2, 0.25) is 0 Å². The minimum atomic E-state index is -0.673. The van der Waals surface area contributed by atoms with E-state index >= 15 is 0 Å². The van der Waals surface area contributed by atoms with Crippen LogP contribution in [-0.4, -0.2) is 39.2 Å². The molecule has 5 rings (SSSR count). The van der Waals surface area contributed by atoms with Gasteiger partial charge in [-0.25, -0.2) is 4.79 Å². The molecule has 0 N–H and O–H groups in total. The predicted octanol–water partition coefficient (Wildman–Crippen LogP) is 2.76. The number of carbonyl (C=O) groups is 3. The Morgan fingerprint density at radius 2 is 1.71 bits per heavy atom. The molecule has 0 bridgehead atoms. The molecule has 1 fully saturated rings. The van der Waals surface area contributed by atoms with E-state index < -0.39 is 29.8 Å². The first kappa shape index (κ1) is 19.2. The van der Waals surface area contributed by atoms with E-state index in [2.05, 4.69) is 5.10 Å². The summed E-state index contributed by atoms with van der Waals surface area (Å²) in [6.07, 6.45) is 3.38. The molecule has 8 heteroatoms. The molecule has 0 aliphatic carbocycles. The molecule has 2 aliphatic rings. The van der Waals surface area contributed by atoms with Crippen molar-refractivity contribution < 1.29 is 24.0 Å². The standard InChI is InChI=1S/C23H19N3O5/c27-21-17-8-4-5-9-18(17)22(28)26(21)31-23(29)19-10-11-30-20(19)16-12-24-25(14-16)13-15-6-2-1-3-7-15/h1-9,12,14,19-20H,10-11,13H2/t19-,20+/m1/s1. The van der Waals surface area contributed by atoms with E-state index in [-0.39, 0.29) is 11.1 Å². The molecule has 3 aromatic rings. The molecule has 0 unspecified atom stereocenters. The van der Waals surface area contributed by atoms with Gasteiger partial charge in [-0.1, -0.05) is 47.5 Å². The van der Waals surface area contributed by atoms with Crippen molar-refractivity contribution in [3.63, 3.8) is 0 Å². The van der Waals surface area contributed by atoms with Crippen LogP contribution in [0.4, 0.5) is 0 Å². The summed E-state index contributed by atoms with van der Waals surface area (Å²) in [6.45, 7) is 0.966. The first-order valence-corrected chi connectivity index (χ1v) is 9.99. The van der Waals surface area contributed by atoms with Gasteiger partial charge in [0, 0.05) is 18.4 Å². The van der Waals surface area contributed by atoms with Crippen molar-refractivity contribution in [3.05, 3.63) is 89.2 Å². The fraction of sp³-hybridized carbons (Fsp3) is 0.217. The number of rotatable bonds is 5. The molecule has 0 radical (unpaired) electrons. The molecule has 2 aliphatic heterocycles. The maximum Gasteiger partial charge on any atom is 0.339 e.